The van der Waals surface area contributed by atoms with E-state index < -0.39 is 168 Å². The Balaban J connectivity index is 1.35. The van der Waals surface area contributed by atoms with E-state index in [9.17, 15) is 83.4 Å². The maximum atomic E-state index is 14.2. The molecule has 1 atom stereocenters. The van der Waals surface area contributed by atoms with Gasteiger partial charge in [0.2, 0.25) is 35.1 Å². The standard InChI is InChI=1S/C27H25F19O8/c28-14-13(15(29)21(33,34)20(14,31)32)51-9-5-47-1-2-49-7-11-53-18-19(25(41,42)27(45,46)24(18,39)40)54-12-8-50-4-3-48-6-10-52-17-16(30)22(35,36)26(43,44)23(17,37)38/h14H,1-12H2. The van der Waals surface area contributed by atoms with E-state index in [4.69, 9.17) is 18.9 Å². The van der Waals surface area contributed by atoms with Gasteiger partial charge in [-0.05, 0) is 0 Å². The molecule has 0 N–H and O–H groups in total. The minimum Gasteiger partial charge on any atom is -0.489 e. The van der Waals surface area contributed by atoms with Crippen LogP contribution < -0.4 is 0 Å². The van der Waals surface area contributed by atoms with Crippen molar-refractivity contribution in [1.82, 2.24) is 0 Å². The molecule has 3 aliphatic carbocycles. The number of halogens is 19. The second-order valence-corrected chi connectivity index (χ2v) is 10.8. The summed E-state index contributed by atoms with van der Waals surface area (Å²) >= 11 is 0. The molecule has 3 rings (SSSR count). The first-order valence-electron chi connectivity index (χ1n) is 14.7. The monoisotopic (exact) mass is 838 g/mol. The summed E-state index contributed by atoms with van der Waals surface area (Å²) in [7, 11) is 0. The van der Waals surface area contributed by atoms with Crippen molar-refractivity contribution in [3.05, 3.63) is 34.7 Å². The number of allylic oxidation sites excluding steroid dienone is 6. The summed E-state index contributed by atoms with van der Waals surface area (Å²) in [6.07, 6.45) is -3.78. The summed E-state index contributed by atoms with van der Waals surface area (Å²) in [6.45, 7) is -9.08. The van der Waals surface area contributed by atoms with E-state index in [1.165, 1.54) is 0 Å². The molecule has 54 heavy (non-hydrogen) atoms. The van der Waals surface area contributed by atoms with Gasteiger partial charge in [0.1, 0.15) is 26.4 Å². The molecule has 0 aromatic carbocycles. The molecule has 0 amide bonds. The number of hydrogen-bond acceptors (Lipinski definition) is 8. The largest absolute Gasteiger partial charge is 0.489 e. The van der Waals surface area contributed by atoms with Crippen LogP contribution in [0.15, 0.2) is 34.7 Å². The van der Waals surface area contributed by atoms with Crippen LogP contribution in [-0.4, -0.2) is 133 Å². The highest BCUT2D eigenvalue weighted by Crippen LogP contribution is 2.61. The highest BCUT2D eigenvalue weighted by molar-refractivity contribution is 5.35. The summed E-state index contributed by atoms with van der Waals surface area (Å²) in [4.78, 5) is 0. The van der Waals surface area contributed by atoms with E-state index in [2.05, 4.69) is 18.9 Å². The van der Waals surface area contributed by atoms with Gasteiger partial charge in [-0.2, -0.15) is 70.2 Å². The van der Waals surface area contributed by atoms with E-state index in [0.717, 1.165) is 0 Å². The van der Waals surface area contributed by atoms with Gasteiger partial charge in [0.25, 0.3) is 0 Å². The van der Waals surface area contributed by atoms with Gasteiger partial charge in [-0.15, -0.1) is 0 Å². The Morgan fingerprint density at radius 3 is 0.963 bits per heavy atom. The normalized spacial score (nSPS) is 25.4. The topological polar surface area (TPSA) is 73.8 Å². The van der Waals surface area contributed by atoms with Crippen LogP contribution in [0.25, 0.3) is 0 Å². The highest BCUT2D eigenvalue weighted by atomic mass is 19.4. The lowest BCUT2D eigenvalue weighted by molar-refractivity contribution is -0.277. The minimum atomic E-state index is -6.12. The smallest absolute Gasteiger partial charge is 0.387 e. The molecular weight excluding hydrogens is 813 g/mol. The van der Waals surface area contributed by atoms with Gasteiger partial charge in [-0.25, -0.2) is 13.2 Å². The third kappa shape index (κ3) is 7.82. The first kappa shape index (κ1) is 45.3. The van der Waals surface area contributed by atoms with E-state index in [1.807, 2.05) is 0 Å². The maximum absolute atomic E-state index is 14.2. The fraction of sp³-hybridized carbons (Fsp3) is 0.778. The van der Waals surface area contributed by atoms with Crippen LogP contribution in [0, 0.1) is 0 Å². The van der Waals surface area contributed by atoms with Crippen LogP contribution >= 0.6 is 0 Å². The molecule has 3 aliphatic rings. The Kier molecular flexibility index (Phi) is 13.6. The predicted molar refractivity (Wildman–Crippen MR) is 135 cm³/mol. The highest BCUT2D eigenvalue weighted by Gasteiger charge is 2.84. The van der Waals surface area contributed by atoms with Crippen molar-refractivity contribution < 1.29 is 121 Å². The quantitative estimate of drug-likeness (QED) is 0.0842. The summed E-state index contributed by atoms with van der Waals surface area (Å²) in [5, 5.41) is 0. The van der Waals surface area contributed by atoms with Gasteiger partial charge in [0, 0.05) is 0 Å². The first-order chi connectivity index (χ1) is 24.7. The van der Waals surface area contributed by atoms with E-state index in [1.54, 1.807) is 0 Å². The molecule has 314 valence electrons. The Bertz CT molecular complexity index is 1420. The van der Waals surface area contributed by atoms with Crippen LogP contribution in [0.5, 0.6) is 0 Å². The van der Waals surface area contributed by atoms with Crippen molar-refractivity contribution in [2.75, 3.05) is 79.3 Å². The molecule has 0 heterocycles. The lowest BCUT2D eigenvalue weighted by Gasteiger charge is -2.24. The molecule has 0 aliphatic heterocycles. The van der Waals surface area contributed by atoms with Crippen molar-refractivity contribution >= 4 is 0 Å². The van der Waals surface area contributed by atoms with Crippen molar-refractivity contribution in [3.8, 4) is 0 Å². The maximum Gasteiger partial charge on any atom is 0.387 e. The van der Waals surface area contributed by atoms with Crippen molar-refractivity contribution in [3.63, 3.8) is 0 Å². The Morgan fingerprint density at radius 1 is 0.352 bits per heavy atom. The van der Waals surface area contributed by atoms with Crippen LogP contribution in [0.2, 0.25) is 0 Å². The van der Waals surface area contributed by atoms with Crippen LogP contribution in [0.1, 0.15) is 0 Å². The predicted octanol–water partition coefficient (Wildman–Crippen LogP) is 7.15. The fourth-order valence-electron chi connectivity index (χ4n) is 4.33. The van der Waals surface area contributed by atoms with Gasteiger partial charge >= 0.3 is 47.4 Å². The fourth-order valence-corrected chi connectivity index (χ4v) is 4.33. The molecule has 1 unspecified atom stereocenters. The van der Waals surface area contributed by atoms with E-state index >= 15 is 0 Å². The van der Waals surface area contributed by atoms with Crippen molar-refractivity contribution in [2.45, 2.75) is 53.6 Å². The third-order valence-electron chi connectivity index (χ3n) is 7.22. The summed E-state index contributed by atoms with van der Waals surface area (Å²) < 4.78 is 293. The molecule has 0 bridgehead atoms. The summed E-state index contributed by atoms with van der Waals surface area (Å²) in [5.74, 6) is -60.9. The van der Waals surface area contributed by atoms with Gasteiger partial charge in [0.15, 0.2) is 5.76 Å². The van der Waals surface area contributed by atoms with Crippen LogP contribution in [0.3, 0.4) is 0 Å². The summed E-state index contributed by atoms with van der Waals surface area (Å²) in [6, 6.07) is 0. The van der Waals surface area contributed by atoms with Crippen LogP contribution in [-0.2, 0) is 37.9 Å². The molecule has 0 saturated heterocycles. The zero-order chi connectivity index (χ0) is 41.2. The van der Waals surface area contributed by atoms with Crippen molar-refractivity contribution in [2.24, 2.45) is 0 Å². The second-order valence-electron chi connectivity index (χ2n) is 10.8. The molecular formula is C27H25F19O8. The lowest BCUT2D eigenvalue weighted by atomic mass is 10.1. The zero-order valence-corrected chi connectivity index (χ0v) is 26.5. The lowest BCUT2D eigenvalue weighted by Crippen LogP contribution is -2.49. The molecule has 0 spiro atoms. The summed E-state index contributed by atoms with van der Waals surface area (Å²) in [5.41, 5.74) is 0. The molecule has 27 heteroatoms. The van der Waals surface area contributed by atoms with Crippen LogP contribution in [0.4, 0.5) is 83.4 Å². The third-order valence-corrected chi connectivity index (χ3v) is 7.22. The SMILES string of the molecule is FC1=C(OCCOCCOCCOC2=C(OCCOCCOCCOC3=C(F)C(F)(F)C(F)(F)C3(F)F)C(F)(F)C(F)(F)C2(F)F)C(F)C(F)(F)C1(F)F. The number of hydrogen-bond donors (Lipinski definition) is 0. The molecule has 0 saturated carbocycles. The molecule has 0 radical (unpaired) electrons. The van der Waals surface area contributed by atoms with Crippen molar-refractivity contribution in [1.29, 1.82) is 0 Å². The average Bonchev–Trinajstić information content (AvgIpc) is 3.29. The first-order valence-corrected chi connectivity index (χ1v) is 14.7. The van der Waals surface area contributed by atoms with Gasteiger partial charge in [-0.3, -0.25) is 0 Å². The number of ether oxygens (including phenoxy) is 8. The molecule has 0 aromatic heterocycles. The number of rotatable bonds is 22. The van der Waals surface area contributed by atoms with E-state index in [-0.39, 0.29) is 0 Å². The van der Waals surface area contributed by atoms with Gasteiger partial charge in [-0.1, -0.05) is 0 Å². The van der Waals surface area contributed by atoms with E-state index in [0.29, 0.717) is 0 Å². The minimum absolute atomic E-state index is 0.446. The second kappa shape index (κ2) is 16.2. The number of alkyl halides is 17. The molecule has 8 nitrogen and oxygen atoms in total. The Hall–Kier alpha value is -3.07. The van der Waals surface area contributed by atoms with Gasteiger partial charge in [0.05, 0.1) is 52.9 Å². The average molecular weight is 838 g/mol. The van der Waals surface area contributed by atoms with Gasteiger partial charge < -0.3 is 37.9 Å². The Morgan fingerprint density at radius 2 is 0.648 bits per heavy atom. The Labute approximate surface area is 289 Å². The zero-order valence-electron chi connectivity index (χ0n) is 26.5. The molecule has 0 aromatic rings. The molecule has 0 fully saturated rings.